The van der Waals surface area contributed by atoms with Gasteiger partial charge in [0.15, 0.2) is 0 Å². The maximum atomic E-state index is 12.7. The van der Waals surface area contributed by atoms with E-state index in [-0.39, 0.29) is 73.6 Å². The SMILES string of the molecule is CC.CC[N+](C)(C)c1cccc(N=C2C=C(Br)C(=O)c3c(N)cc(Br)c(O)c32)c1.CNc1cccc(N=C2C=C(N)c3c([O-])c(Br)cc(N)c3C2=O)c1.[Cl-]. The second-order valence-corrected chi connectivity index (χ2v) is 14.7. The molecule has 0 amide bonds. The summed E-state index contributed by atoms with van der Waals surface area (Å²) >= 11 is 9.71. The summed E-state index contributed by atoms with van der Waals surface area (Å²) in [6, 6.07) is 18.1. The number of carbonyl (C=O) groups is 2. The van der Waals surface area contributed by atoms with Gasteiger partial charge in [-0.05, 0) is 93.4 Å². The van der Waals surface area contributed by atoms with Gasteiger partial charge in [0.25, 0.3) is 0 Å². The zero-order chi connectivity index (χ0) is 39.4. The van der Waals surface area contributed by atoms with E-state index < -0.39 is 5.78 Å². The van der Waals surface area contributed by atoms with Crippen LogP contribution in [-0.4, -0.2) is 55.8 Å². The molecule has 284 valence electrons. The number of ketones is 2. The second-order valence-electron chi connectivity index (χ2n) is 12.1. The average Bonchev–Trinajstić information content (AvgIpc) is 3.13. The molecule has 0 aromatic heterocycles. The Kier molecular flexibility index (Phi) is 14.8. The number of quaternary nitrogens is 1. The standard InChI is InChI=1S/C20H19Br2N3O2.C17H15BrN4O2.C2H6.ClH/c1-4-25(2,3)12-7-5-6-11(8-12)24-16-10-14(22)19(26)17-15(23)9-13(21)20(27)18(16)17;1-21-8-3-2-4-9(5-8)22-13-7-12(20)14-15(17(13)24)11(19)6-10(18)16(14)23;1-2;/h5-10H,4H2,1-3H3,(H2-,23,24,26,27);2-7,21,23H,19-20H2,1H3;1-2H3;1H/p-1. The number of phenolic OH excluding ortho intramolecular Hbond substituents is 1. The molecule has 0 heterocycles. The van der Waals surface area contributed by atoms with Gasteiger partial charge in [-0.2, -0.15) is 0 Å². The molecule has 4 aromatic rings. The van der Waals surface area contributed by atoms with Gasteiger partial charge in [0.2, 0.25) is 11.6 Å². The van der Waals surface area contributed by atoms with Crippen LogP contribution in [0.3, 0.4) is 0 Å². The lowest BCUT2D eigenvalue weighted by Gasteiger charge is -2.27. The third kappa shape index (κ3) is 9.07. The van der Waals surface area contributed by atoms with Crippen molar-refractivity contribution in [1.29, 1.82) is 0 Å². The Bertz CT molecular complexity index is 2250. The third-order valence-corrected chi connectivity index (χ3v) is 10.3. The number of aliphatic imine (C=N–C) groups is 2. The van der Waals surface area contributed by atoms with Crippen LogP contribution < -0.4 is 44.5 Å². The number of hydrogen-bond acceptors (Lipinski definition) is 10. The van der Waals surface area contributed by atoms with Crippen molar-refractivity contribution in [2.24, 2.45) is 15.7 Å². The van der Waals surface area contributed by atoms with E-state index in [2.05, 4.69) is 85.2 Å². The van der Waals surface area contributed by atoms with Crippen molar-refractivity contribution in [3.8, 4) is 11.5 Å². The summed E-state index contributed by atoms with van der Waals surface area (Å²) in [6.45, 7) is 7.06. The van der Waals surface area contributed by atoms with E-state index in [4.69, 9.17) is 22.2 Å². The predicted octanol–water partition coefficient (Wildman–Crippen LogP) is 5.37. The van der Waals surface area contributed by atoms with E-state index in [0.717, 1.165) is 28.1 Å². The number of nitrogen functional groups attached to an aromatic ring is 2. The molecule has 15 heteroatoms. The fourth-order valence-electron chi connectivity index (χ4n) is 5.42. The molecule has 11 nitrogen and oxygen atoms in total. The van der Waals surface area contributed by atoms with E-state index >= 15 is 0 Å². The molecule has 8 N–H and O–H groups in total. The van der Waals surface area contributed by atoms with E-state index in [1.165, 1.54) is 18.2 Å². The van der Waals surface area contributed by atoms with Crippen molar-refractivity contribution in [3.05, 3.63) is 108 Å². The number of allylic oxidation sites excluding steroid dienone is 3. The van der Waals surface area contributed by atoms with Crippen LogP contribution in [0.2, 0.25) is 0 Å². The molecular formula is C39H40Br3ClN7O4-. The Morgan fingerprint density at radius 2 is 1.33 bits per heavy atom. The van der Waals surface area contributed by atoms with E-state index in [1.807, 2.05) is 44.2 Å². The normalized spacial score (nSPS) is 14.7. The first kappa shape index (κ1) is 43.9. The fourth-order valence-corrected chi connectivity index (χ4v) is 6.72. The molecule has 0 atom stereocenters. The highest BCUT2D eigenvalue weighted by molar-refractivity contribution is 9.12. The molecule has 0 fully saturated rings. The number of fused-ring (bicyclic) bond motifs is 2. The Hall–Kier alpha value is -4.47. The van der Waals surface area contributed by atoms with E-state index in [1.54, 1.807) is 25.3 Å². The number of nitrogens with zero attached hydrogens (tertiary/aromatic N) is 3. The Balaban J connectivity index is 0.000000274. The minimum absolute atomic E-state index is 0. The highest BCUT2D eigenvalue weighted by atomic mass is 79.9. The zero-order valence-electron chi connectivity index (χ0n) is 30.4. The van der Waals surface area contributed by atoms with Crippen molar-refractivity contribution >= 4 is 111 Å². The third-order valence-electron chi connectivity index (χ3n) is 8.51. The molecule has 0 unspecified atom stereocenters. The lowest BCUT2D eigenvalue weighted by atomic mass is 9.90. The van der Waals surface area contributed by atoms with Gasteiger partial charge in [-0.1, -0.05) is 47.7 Å². The Morgan fingerprint density at radius 3 is 1.94 bits per heavy atom. The van der Waals surface area contributed by atoms with Crippen LogP contribution in [0.25, 0.3) is 5.70 Å². The number of benzene rings is 4. The number of nitrogens with two attached hydrogens (primary N) is 3. The molecular weight excluding hydrogens is 906 g/mol. The summed E-state index contributed by atoms with van der Waals surface area (Å²) in [5, 5.41) is 25.8. The lowest BCUT2D eigenvalue weighted by molar-refractivity contribution is -0.269. The number of rotatable bonds is 5. The average molecular weight is 946 g/mol. The first-order valence-electron chi connectivity index (χ1n) is 16.5. The monoisotopic (exact) mass is 942 g/mol. The largest absolute Gasteiger partial charge is 1.00 e. The number of halogens is 4. The highest BCUT2D eigenvalue weighted by Gasteiger charge is 2.30. The second kappa shape index (κ2) is 18.2. The summed E-state index contributed by atoms with van der Waals surface area (Å²) in [6.07, 6.45) is 3.02. The number of nitrogens with one attached hydrogen (secondary N) is 1. The molecule has 2 aliphatic rings. The van der Waals surface area contributed by atoms with Crippen molar-refractivity contribution in [2.45, 2.75) is 20.8 Å². The zero-order valence-corrected chi connectivity index (χ0v) is 35.9. The topological polar surface area (TPSA) is 192 Å². The van der Waals surface area contributed by atoms with E-state index in [9.17, 15) is 19.8 Å². The number of Topliss-reactive ketones (excluding diaryl/α,β-unsaturated/α-hetero) is 2. The van der Waals surface area contributed by atoms with Crippen LogP contribution in [0.5, 0.6) is 11.5 Å². The van der Waals surface area contributed by atoms with Gasteiger partial charge in [0.1, 0.15) is 17.1 Å². The van der Waals surface area contributed by atoms with Gasteiger partial charge in [0, 0.05) is 45.9 Å². The molecule has 0 saturated carbocycles. The smallest absolute Gasteiger partial charge is 0.214 e. The Morgan fingerprint density at radius 1 is 0.778 bits per heavy atom. The van der Waals surface area contributed by atoms with Crippen molar-refractivity contribution in [1.82, 2.24) is 4.48 Å². The first-order valence-corrected chi connectivity index (χ1v) is 18.9. The van der Waals surface area contributed by atoms with Crippen LogP contribution in [-0.2, 0) is 0 Å². The highest BCUT2D eigenvalue weighted by Crippen LogP contribution is 2.41. The van der Waals surface area contributed by atoms with Crippen LogP contribution in [0.4, 0.5) is 34.1 Å². The van der Waals surface area contributed by atoms with Gasteiger partial charge >= 0.3 is 0 Å². The number of phenols is 1. The molecule has 4 aromatic carbocycles. The van der Waals surface area contributed by atoms with Gasteiger partial charge < -0.3 is 45.1 Å². The minimum Gasteiger partial charge on any atom is -1.00 e. The maximum Gasteiger partial charge on any atom is 0.214 e. The number of hydrogen-bond donors (Lipinski definition) is 5. The Labute approximate surface area is 346 Å². The number of anilines is 3. The number of aromatic hydroxyl groups is 1. The molecule has 2 aliphatic carbocycles. The molecule has 54 heavy (non-hydrogen) atoms. The van der Waals surface area contributed by atoms with Crippen LogP contribution in [0.15, 0.2) is 96.2 Å². The van der Waals surface area contributed by atoms with Gasteiger partial charge in [-0.15, -0.1) is 0 Å². The minimum atomic E-state index is -0.420. The summed E-state index contributed by atoms with van der Waals surface area (Å²) < 4.78 is 1.76. The molecule has 0 aliphatic heterocycles. The summed E-state index contributed by atoms with van der Waals surface area (Å²) in [5.74, 6) is -1.11. The van der Waals surface area contributed by atoms with Crippen molar-refractivity contribution in [3.63, 3.8) is 0 Å². The van der Waals surface area contributed by atoms with Gasteiger partial charge in [0.05, 0.1) is 63.4 Å². The van der Waals surface area contributed by atoms with Crippen LogP contribution in [0, 0.1) is 0 Å². The molecule has 0 spiro atoms. The van der Waals surface area contributed by atoms with Gasteiger partial charge in [-0.25, -0.2) is 9.98 Å². The van der Waals surface area contributed by atoms with Crippen LogP contribution >= 0.6 is 47.8 Å². The quantitative estimate of drug-likeness (QED) is 0.100. The molecule has 0 bridgehead atoms. The molecule has 6 rings (SSSR count). The molecule has 0 radical (unpaired) electrons. The maximum absolute atomic E-state index is 12.7. The first-order chi connectivity index (χ1) is 25.1. The fraction of sp³-hybridized carbons (Fsp3) is 0.179. The lowest BCUT2D eigenvalue weighted by Crippen LogP contribution is -3.00. The van der Waals surface area contributed by atoms with E-state index in [0.29, 0.717) is 25.9 Å². The molecule has 0 saturated heterocycles. The van der Waals surface area contributed by atoms with Gasteiger partial charge in [-0.3, -0.25) is 14.1 Å². The van der Waals surface area contributed by atoms with Crippen molar-refractivity contribution < 1.29 is 32.2 Å². The van der Waals surface area contributed by atoms with Crippen molar-refractivity contribution in [2.75, 3.05) is 44.5 Å². The summed E-state index contributed by atoms with van der Waals surface area (Å²) in [4.78, 5) is 34.3. The number of carbonyl (C=O) groups excluding carboxylic acids is 2. The summed E-state index contributed by atoms with van der Waals surface area (Å²) in [7, 11) is 6.04. The van der Waals surface area contributed by atoms with Crippen LogP contribution in [0.1, 0.15) is 52.6 Å². The predicted molar refractivity (Wildman–Crippen MR) is 227 cm³/mol. The summed E-state index contributed by atoms with van der Waals surface area (Å²) in [5.41, 5.74) is 23.4.